The molecule has 0 saturated carbocycles. The summed E-state index contributed by atoms with van der Waals surface area (Å²) < 4.78 is 0. The highest BCUT2D eigenvalue weighted by molar-refractivity contribution is 5.78. The van der Waals surface area contributed by atoms with Gasteiger partial charge in [-0.25, -0.2) is 0 Å². The zero-order valence-electron chi connectivity index (χ0n) is 9.42. The van der Waals surface area contributed by atoms with Crippen LogP contribution in [0.2, 0.25) is 0 Å². The lowest BCUT2D eigenvalue weighted by molar-refractivity contribution is -0.121. The lowest BCUT2D eigenvalue weighted by atomic mass is 10.1. The van der Waals surface area contributed by atoms with Gasteiger partial charge >= 0.3 is 0 Å². The number of amides is 1. The van der Waals surface area contributed by atoms with E-state index in [-0.39, 0.29) is 11.9 Å². The van der Waals surface area contributed by atoms with E-state index in [1.165, 1.54) is 0 Å². The van der Waals surface area contributed by atoms with Crippen LogP contribution in [0, 0.1) is 0 Å². The molecule has 0 spiro atoms. The van der Waals surface area contributed by atoms with Gasteiger partial charge in [0.1, 0.15) is 0 Å². The second kappa shape index (κ2) is 5.20. The summed E-state index contributed by atoms with van der Waals surface area (Å²) in [6, 6.07) is 9.32. The van der Waals surface area contributed by atoms with Gasteiger partial charge in [-0.15, -0.1) is 10.2 Å². The van der Waals surface area contributed by atoms with Gasteiger partial charge in [0.05, 0.1) is 12.5 Å². The number of benzene rings is 1. The molecule has 0 aliphatic carbocycles. The Bertz CT molecular complexity index is 468. The number of nitrogens with one attached hydrogen (secondary N) is 2. The van der Waals surface area contributed by atoms with Gasteiger partial charge in [0.2, 0.25) is 5.91 Å². The van der Waals surface area contributed by atoms with Gasteiger partial charge in [-0.1, -0.05) is 35.5 Å². The van der Waals surface area contributed by atoms with Crippen molar-refractivity contribution in [2.75, 3.05) is 0 Å². The van der Waals surface area contributed by atoms with Gasteiger partial charge < -0.3 is 5.32 Å². The number of nitrogens with zero attached hydrogens (tertiary/aromatic N) is 3. The molecule has 1 unspecified atom stereocenters. The van der Waals surface area contributed by atoms with Gasteiger partial charge in [0.15, 0.2) is 5.82 Å². The minimum Gasteiger partial charge on any atom is -0.346 e. The zero-order chi connectivity index (χ0) is 12.1. The number of carbonyl (C=O) groups is 1. The van der Waals surface area contributed by atoms with Crippen molar-refractivity contribution in [1.82, 2.24) is 25.9 Å². The fourth-order valence-corrected chi connectivity index (χ4v) is 1.49. The number of carbonyl (C=O) groups excluding carboxylic acids is 1. The third-order valence-electron chi connectivity index (χ3n) is 2.33. The van der Waals surface area contributed by atoms with E-state index < -0.39 is 0 Å². The second-order valence-electron chi connectivity index (χ2n) is 3.72. The topological polar surface area (TPSA) is 83.6 Å². The van der Waals surface area contributed by atoms with Crippen LogP contribution in [0.5, 0.6) is 0 Å². The summed E-state index contributed by atoms with van der Waals surface area (Å²) in [4.78, 5) is 11.7. The molecule has 2 N–H and O–H groups in total. The third-order valence-corrected chi connectivity index (χ3v) is 2.33. The average molecular weight is 231 g/mol. The molecule has 0 aliphatic heterocycles. The van der Waals surface area contributed by atoms with Gasteiger partial charge in [0.25, 0.3) is 0 Å². The van der Waals surface area contributed by atoms with E-state index in [2.05, 4.69) is 25.9 Å². The highest BCUT2D eigenvalue weighted by Crippen LogP contribution is 2.05. The molecule has 1 amide bonds. The lowest BCUT2D eigenvalue weighted by Gasteiger charge is -2.09. The average Bonchev–Trinajstić information content (AvgIpc) is 2.83. The summed E-state index contributed by atoms with van der Waals surface area (Å²) in [5.41, 5.74) is 0.977. The first kappa shape index (κ1) is 11.3. The normalized spacial score (nSPS) is 12.1. The predicted octanol–water partition coefficient (Wildman–Crippen LogP) is 0.620. The first-order valence-corrected chi connectivity index (χ1v) is 5.32. The maximum atomic E-state index is 11.7. The Balaban J connectivity index is 1.90. The quantitative estimate of drug-likeness (QED) is 0.808. The minimum atomic E-state index is -0.245. The number of hydrogen-bond donors (Lipinski definition) is 2. The zero-order valence-corrected chi connectivity index (χ0v) is 9.42. The van der Waals surface area contributed by atoms with Crippen LogP contribution in [-0.4, -0.2) is 26.5 Å². The van der Waals surface area contributed by atoms with E-state index in [1.54, 1.807) is 0 Å². The van der Waals surface area contributed by atoms with E-state index in [1.807, 2.05) is 37.3 Å². The highest BCUT2D eigenvalue weighted by atomic mass is 16.1. The molecule has 2 aromatic rings. The van der Waals surface area contributed by atoms with Gasteiger partial charge in [-0.05, 0) is 12.5 Å². The lowest BCUT2D eigenvalue weighted by Crippen LogP contribution is -2.28. The smallest absolute Gasteiger partial charge is 0.225 e. The van der Waals surface area contributed by atoms with Crippen LogP contribution >= 0.6 is 0 Å². The fraction of sp³-hybridized carbons (Fsp3) is 0.273. The van der Waals surface area contributed by atoms with E-state index >= 15 is 0 Å². The summed E-state index contributed by atoms with van der Waals surface area (Å²) in [6.45, 7) is 1.81. The van der Waals surface area contributed by atoms with Crippen molar-refractivity contribution < 1.29 is 4.79 Å². The third kappa shape index (κ3) is 3.10. The van der Waals surface area contributed by atoms with Crippen molar-refractivity contribution in [3.63, 3.8) is 0 Å². The van der Waals surface area contributed by atoms with Crippen molar-refractivity contribution >= 4 is 5.91 Å². The van der Waals surface area contributed by atoms with Crippen LogP contribution in [0.1, 0.15) is 24.4 Å². The molecule has 6 nitrogen and oxygen atoms in total. The van der Waals surface area contributed by atoms with Gasteiger partial charge in [-0.3, -0.25) is 4.79 Å². The summed E-state index contributed by atoms with van der Waals surface area (Å²) in [7, 11) is 0. The van der Waals surface area contributed by atoms with Crippen LogP contribution in [0.3, 0.4) is 0 Å². The summed E-state index contributed by atoms with van der Waals surface area (Å²) in [5, 5.41) is 16.2. The van der Waals surface area contributed by atoms with Crippen molar-refractivity contribution in [3.05, 3.63) is 41.7 Å². The largest absolute Gasteiger partial charge is 0.346 e. The van der Waals surface area contributed by atoms with Crippen molar-refractivity contribution in [3.8, 4) is 0 Å². The van der Waals surface area contributed by atoms with Crippen LogP contribution in [0.4, 0.5) is 0 Å². The van der Waals surface area contributed by atoms with Gasteiger partial charge in [-0.2, -0.15) is 5.21 Å². The van der Waals surface area contributed by atoms with E-state index in [0.717, 1.165) is 5.56 Å². The molecule has 17 heavy (non-hydrogen) atoms. The molecule has 0 fully saturated rings. The maximum absolute atomic E-state index is 11.7. The number of rotatable bonds is 4. The Kier molecular flexibility index (Phi) is 3.44. The number of tetrazole rings is 1. The number of aromatic nitrogens is 4. The number of hydrogen-bond acceptors (Lipinski definition) is 4. The maximum Gasteiger partial charge on any atom is 0.225 e. The molecule has 88 valence electrons. The Hall–Kier alpha value is -2.24. The summed E-state index contributed by atoms with van der Waals surface area (Å²) >= 11 is 0. The Labute approximate surface area is 98.4 Å². The van der Waals surface area contributed by atoms with Gasteiger partial charge in [0, 0.05) is 0 Å². The fourth-order valence-electron chi connectivity index (χ4n) is 1.49. The first-order valence-electron chi connectivity index (χ1n) is 5.32. The summed E-state index contributed by atoms with van der Waals surface area (Å²) in [6.07, 6.45) is 0.350. The number of aromatic amines is 1. The SMILES string of the molecule is CC(NC(=O)Cc1ccccc1)c1nn[nH]n1. The van der Waals surface area contributed by atoms with Crippen molar-refractivity contribution in [2.24, 2.45) is 0 Å². The predicted molar refractivity (Wildman–Crippen MR) is 60.9 cm³/mol. The van der Waals surface area contributed by atoms with Crippen LogP contribution in [-0.2, 0) is 11.2 Å². The first-order chi connectivity index (χ1) is 8.25. The monoisotopic (exact) mass is 231 g/mol. The second-order valence-corrected chi connectivity index (χ2v) is 3.72. The molecule has 6 heteroatoms. The van der Waals surface area contributed by atoms with Crippen LogP contribution < -0.4 is 5.32 Å². The molecule has 0 bridgehead atoms. The molecule has 1 atom stereocenters. The van der Waals surface area contributed by atoms with Crippen LogP contribution in [0.15, 0.2) is 30.3 Å². The molecule has 0 aliphatic rings. The molecule has 1 aromatic carbocycles. The molecule has 2 rings (SSSR count). The Morgan fingerprint density at radius 1 is 1.41 bits per heavy atom. The van der Waals surface area contributed by atoms with Crippen molar-refractivity contribution in [2.45, 2.75) is 19.4 Å². The summed E-state index contributed by atoms with van der Waals surface area (Å²) in [5.74, 6) is 0.417. The van der Waals surface area contributed by atoms with Crippen molar-refractivity contribution in [1.29, 1.82) is 0 Å². The van der Waals surface area contributed by atoms with E-state index in [0.29, 0.717) is 12.2 Å². The Morgan fingerprint density at radius 3 is 2.82 bits per heavy atom. The molecule has 1 heterocycles. The molecule has 0 radical (unpaired) electrons. The highest BCUT2D eigenvalue weighted by Gasteiger charge is 2.13. The van der Waals surface area contributed by atoms with E-state index in [9.17, 15) is 4.79 Å². The molecule has 1 aromatic heterocycles. The minimum absolute atomic E-state index is 0.0616. The standard InChI is InChI=1S/C11H13N5O/c1-8(11-13-15-16-14-11)12-10(17)7-9-5-3-2-4-6-9/h2-6,8H,7H2,1H3,(H,12,17)(H,13,14,15,16). The molecular weight excluding hydrogens is 218 g/mol. The molecule has 0 saturated heterocycles. The number of H-pyrrole nitrogens is 1. The Morgan fingerprint density at radius 2 is 2.18 bits per heavy atom. The van der Waals surface area contributed by atoms with E-state index in [4.69, 9.17) is 0 Å². The van der Waals surface area contributed by atoms with Crippen LogP contribution in [0.25, 0.3) is 0 Å². The molecular formula is C11H13N5O.